The van der Waals surface area contributed by atoms with Gasteiger partial charge in [-0.05, 0) is 25.3 Å². The zero-order valence-corrected chi connectivity index (χ0v) is 9.27. The summed E-state index contributed by atoms with van der Waals surface area (Å²) in [5.74, 6) is -0.543. The van der Waals surface area contributed by atoms with Crippen molar-refractivity contribution >= 4 is 5.97 Å². The number of nitrogens with zero attached hydrogens (tertiary/aromatic N) is 2. The molecule has 0 bridgehead atoms. The fourth-order valence-electron chi connectivity index (χ4n) is 1.83. The Balaban J connectivity index is 2.05. The molecule has 0 saturated heterocycles. The minimum Gasteiger partial charge on any atom is -0.481 e. The number of hydrogen-bond donors (Lipinski definition) is 1. The standard InChI is InChI=1S/C11H14F2N2O2/c12-11(13)8-6-9(7-3-4-7)15(14-8)5-1-2-10(16)17/h6-7,11H,1-5H2,(H,16,17). The first-order chi connectivity index (χ1) is 8.08. The summed E-state index contributed by atoms with van der Waals surface area (Å²) in [6, 6.07) is 1.45. The molecule has 1 saturated carbocycles. The van der Waals surface area contributed by atoms with E-state index in [4.69, 9.17) is 5.11 Å². The summed E-state index contributed by atoms with van der Waals surface area (Å²) in [6.45, 7) is 0.394. The fourth-order valence-corrected chi connectivity index (χ4v) is 1.83. The Morgan fingerprint density at radius 1 is 1.59 bits per heavy atom. The summed E-state index contributed by atoms with van der Waals surface area (Å²) in [5, 5.41) is 12.4. The van der Waals surface area contributed by atoms with E-state index in [1.807, 2.05) is 0 Å². The third-order valence-electron chi connectivity index (χ3n) is 2.81. The number of aromatic nitrogens is 2. The maximum Gasteiger partial charge on any atom is 0.303 e. The van der Waals surface area contributed by atoms with Gasteiger partial charge in [0.15, 0.2) is 0 Å². The topological polar surface area (TPSA) is 55.1 Å². The van der Waals surface area contributed by atoms with E-state index in [0.717, 1.165) is 18.5 Å². The zero-order chi connectivity index (χ0) is 12.4. The van der Waals surface area contributed by atoms with Crippen molar-refractivity contribution in [1.29, 1.82) is 0 Å². The number of rotatable bonds is 6. The highest BCUT2D eigenvalue weighted by Crippen LogP contribution is 2.41. The molecular formula is C11H14F2N2O2. The molecule has 4 nitrogen and oxygen atoms in total. The number of alkyl halides is 2. The molecule has 0 aromatic carbocycles. The van der Waals surface area contributed by atoms with Gasteiger partial charge in [-0.2, -0.15) is 5.10 Å². The SMILES string of the molecule is O=C(O)CCCn1nc(C(F)F)cc1C1CC1. The van der Waals surface area contributed by atoms with Crippen LogP contribution in [-0.2, 0) is 11.3 Å². The first-order valence-corrected chi connectivity index (χ1v) is 5.65. The van der Waals surface area contributed by atoms with Gasteiger partial charge in [0.25, 0.3) is 6.43 Å². The molecule has 0 spiro atoms. The van der Waals surface area contributed by atoms with Crippen LogP contribution in [0, 0.1) is 0 Å². The summed E-state index contributed by atoms with van der Waals surface area (Å²) in [4.78, 5) is 10.4. The highest BCUT2D eigenvalue weighted by atomic mass is 19.3. The molecule has 0 radical (unpaired) electrons. The van der Waals surface area contributed by atoms with Crippen molar-refractivity contribution in [2.45, 2.75) is 44.6 Å². The van der Waals surface area contributed by atoms with Crippen molar-refractivity contribution in [2.75, 3.05) is 0 Å². The van der Waals surface area contributed by atoms with Crippen LogP contribution >= 0.6 is 0 Å². The summed E-state index contributed by atoms with van der Waals surface area (Å²) in [5.41, 5.74) is 0.618. The molecule has 94 valence electrons. The van der Waals surface area contributed by atoms with Gasteiger partial charge in [-0.25, -0.2) is 8.78 Å². The predicted octanol–water partition coefficient (Wildman–Crippen LogP) is 2.56. The van der Waals surface area contributed by atoms with E-state index in [0.29, 0.717) is 18.9 Å². The Morgan fingerprint density at radius 3 is 2.82 bits per heavy atom. The summed E-state index contributed by atoms with van der Waals surface area (Å²) < 4.78 is 26.6. The summed E-state index contributed by atoms with van der Waals surface area (Å²) in [6.07, 6.45) is -0.0956. The van der Waals surface area contributed by atoms with Crippen LogP contribution in [0.3, 0.4) is 0 Å². The second-order valence-corrected chi connectivity index (χ2v) is 4.29. The van der Waals surface area contributed by atoms with Gasteiger partial charge in [-0.3, -0.25) is 9.48 Å². The fraction of sp³-hybridized carbons (Fsp3) is 0.636. The third-order valence-corrected chi connectivity index (χ3v) is 2.81. The molecule has 0 unspecified atom stereocenters. The average molecular weight is 244 g/mol. The monoisotopic (exact) mass is 244 g/mol. The Morgan fingerprint density at radius 2 is 2.29 bits per heavy atom. The normalized spacial score (nSPS) is 15.5. The van der Waals surface area contributed by atoms with Gasteiger partial charge in [0.1, 0.15) is 5.69 Å². The Bertz CT molecular complexity index is 414. The van der Waals surface area contributed by atoms with E-state index >= 15 is 0 Å². The van der Waals surface area contributed by atoms with Gasteiger partial charge in [-0.15, -0.1) is 0 Å². The first-order valence-electron chi connectivity index (χ1n) is 5.65. The van der Waals surface area contributed by atoms with Gasteiger partial charge >= 0.3 is 5.97 Å². The molecule has 1 aromatic rings. The quantitative estimate of drug-likeness (QED) is 0.836. The van der Waals surface area contributed by atoms with Crippen LogP contribution in [0.4, 0.5) is 8.78 Å². The van der Waals surface area contributed by atoms with E-state index in [2.05, 4.69) is 5.10 Å². The van der Waals surface area contributed by atoms with Crippen LogP contribution in [0.25, 0.3) is 0 Å². The molecule has 1 aliphatic rings. The lowest BCUT2D eigenvalue weighted by Crippen LogP contribution is -2.07. The third kappa shape index (κ3) is 3.01. The average Bonchev–Trinajstić information content (AvgIpc) is 2.99. The number of carbonyl (C=O) groups is 1. The molecule has 6 heteroatoms. The largest absolute Gasteiger partial charge is 0.481 e. The minimum absolute atomic E-state index is 0.0357. The number of carboxylic acids is 1. The van der Waals surface area contributed by atoms with Crippen molar-refractivity contribution in [3.63, 3.8) is 0 Å². The number of carboxylic acid groups (broad SMARTS) is 1. The molecule has 17 heavy (non-hydrogen) atoms. The van der Waals surface area contributed by atoms with E-state index < -0.39 is 12.4 Å². The van der Waals surface area contributed by atoms with Crippen molar-refractivity contribution in [3.8, 4) is 0 Å². The van der Waals surface area contributed by atoms with Crippen molar-refractivity contribution < 1.29 is 18.7 Å². The van der Waals surface area contributed by atoms with Gasteiger partial charge in [0.2, 0.25) is 0 Å². The number of hydrogen-bond acceptors (Lipinski definition) is 2. The number of aryl methyl sites for hydroxylation is 1. The van der Waals surface area contributed by atoms with E-state index in [9.17, 15) is 13.6 Å². The van der Waals surface area contributed by atoms with E-state index in [1.54, 1.807) is 4.68 Å². The van der Waals surface area contributed by atoms with Gasteiger partial charge in [0, 0.05) is 24.6 Å². The minimum atomic E-state index is -2.56. The van der Waals surface area contributed by atoms with Crippen molar-refractivity contribution in [2.24, 2.45) is 0 Å². The van der Waals surface area contributed by atoms with Crippen LogP contribution in [0.15, 0.2) is 6.07 Å². The van der Waals surface area contributed by atoms with Gasteiger partial charge in [-0.1, -0.05) is 0 Å². The van der Waals surface area contributed by atoms with E-state index in [1.165, 1.54) is 6.07 Å². The molecule has 0 aliphatic heterocycles. The van der Waals surface area contributed by atoms with E-state index in [-0.39, 0.29) is 12.1 Å². The predicted molar refractivity (Wildman–Crippen MR) is 56.0 cm³/mol. The molecular weight excluding hydrogens is 230 g/mol. The number of aliphatic carboxylic acids is 1. The molecule has 0 atom stereocenters. The molecule has 1 N–H and O–H groups in total. The summed E-state index contributed by atoms with van der Waals surface area (Å²) >= 11 is 0. The Kier molecular flexibility index (Phi) is 3.40. The van der Waals surface area contributed by atoms with Crippen LogP contribution in [0.2, 0.25) is 0 Å². The Labute approximate surface area is 97.2 Å². The highest BCUT2D eigenvalue weighted by molar-refractivity contribution is 5.66. The van der Waals surface area contributed by atoms with Crippen molar-refractivity contribution in [1.82, 2.24) is 9.78 Å². The van der Waals surface area contributed by atoms with Crippen LogP contribution in [0.5, 0.6) is 0 Å². The highest BCUT2D eigenvalue weighted by Gasteiger charge is 2.29. The summed E-state index contributed by atoms with van der Waals surface area (Å²) in [7, 11) is 0. The molecule has 1 heterocycles. The second-order valence-electron chi connectivity index (χ2n) is 4.29. The Hall–Kier alpha value is -1.46. The lowest BCUT2D eigenvalue weighted by Gasteiger charge is -2.04. The second kappa shape index (κ2) is 4.81. The maximum atomic E-state index is 12.5. The lowest BCUT2D eigenvalue weighted by molar-refractivity contribution is -0.137. The lowest BCUT2D eigenvalue weighted by atomic mass is 10.2. The zero-order valence-electron chi connectivity index (χ0n) is 9.27. The molecule has 1 aliphatic carbocycles. The van der Waals surface area contributed by atoms with Crippen molar-refractivity contribution in [3.05, 3.63) is 17.5 Å². The van der Waals surface area contributed by atoms with Crippen LogP contribution in [-0.4, -0.2) is 20.9 Å². The van der Waals surface area contributed by atoms with Gasteiger partial charge in [0.05, 0.1) is 0 Å². The molecule has 1 fully saturated rings. The number of halogens is 2. The van der Waals surface area contributed by atoms with Gasteiger partial charge < -0.3 is 5.11 Å². The first kappa shape index (κ1) is 12.0. The molecule has 2 rings (SSSR count). The molecule has 0 amide bonds. The molecule has 1 aromatic heterocycles. The maximum absolute atomic E-state index is 12.5. The smallest absolute Gasteiger partial charge is 0.303 e. The van der Waals surface area contributed by atoms with Crippen LogP contribution < -0.4 is 0 Å². The van der Waals surface area contributed by atoms with Crippen LogP contribution in [0.1, 0.15) is 49.4 Å².